The van der Waals surface area contributed by atoms with Crippen molar-refractivity contribution in [1.29, 1.82) is 0 Å². The molecule has 0 spiro atoms. The van der Waals surface area contributed by atoms with Crippen LogP contribution in [0.25, 0.3) is 0 Å². The third kappa shape index (κ3) is 22.5. The molecule has 86 valence electrons. The van der Waals surface area contributed by atoms with Gasteiger partial charge in [-0.05, 0) is 34.5 Å². The Hall–Kier alpha value is -0.540. The number of unbranched alkanes of at least 4 members (excludes halogenated alkanes) is 1. The number of hydrogen-bond acceptors (Lipinski definition) is 2. The zero-order valence-corrected chi connectivity index (χ0v) is 10.6. The van der Waals surface area contributed by atoms with E-state index in [1.54, 1.807) is 6.92 Å². The van der Waals surface area contributed by atoms with Crippen LogP contribution < -0.4 is 5.73 Å². The molecule has 0 unspecified atom stereocenters. The van der Waals surface area contributed by atoms with Crippen LogP contribution in [0.2, 0.25) is 0 Å². The molecule has 14 heavy (non-hydrogen) atoms. The van der Waals surface area contributed by atoms with E-state index in [1.807, 2.05) is 32.1 Å². The van der Waals surface area contributed by atoms with E-state index in [0.717, 1.165) is 12.8 Å². The van der Waals surface area contributed by atoms with Crippen LogP contribution in [0.5, 0.6) is 0 Å². The number of halogens is 1. The maximum Gasteiger partial charge on any atom is 0.244 e. The molecule has 0 saturated heterocycles. The van der Waals surface area contributed by atoms with E-state index < -0.39 is 0 Å². The van der Waals surface area contributed by atoms with Crippen molar-refractivity contribution in [2.24, 2.45) is 5.73 Å². The van der Waals surface area contributed by atoms with Crippen molar-refractivity contribution in [2.75, 3.05) is 21.1 Å². The first-order valence-electron chi connectivity index (χ1n) is 4.49. The van der Waals surface area contributed by atoms with Crippen LogP contribution in [-0.4, -0.2) is 32.0 Å². The summed E-state index contributed by atoms with van der Waals surface area (Å²) >= 11 is 0. The Morgan fingerprint density at radius 2 is 1.71 bits per heavy atom. The van der Waals surface area contributed by atoms with E-state index >= 15 is 0 Å². The molecule has 0 aliphatic heterocycles. The molecule has 4 heteroatoms. The predicted molar refractivity (Wildman–Crippen MR) is 64.7 cm³/mol. The van der Waals surface area contributed by atoms with Gasteiger partial charge in [0.1, 0.15) is 0 Å². The smallest absolute Gasteiger partial charge is 0.244 e. The van der Waals surface area contributed by atoms with Gasteiger partial charge in [-0.2, -0.15) is 0 Å². The lowest BCUT2D eigenvalue weighted by molar-refractivity contribution is -0.114. The van der Waals surface area contributed by atoms with Crippen LogP contribution in [0.4, 0.5) is 0 Å². The van der Waals surface area contributed by atoms with Gasteiger partial charge < -0.3 is 10.6 Å². The van der Waals surface area contributed by atoms with Gasteiger partial charge in [0.25, 0.3) is 0 Å². The van der Waals surface area contributed by atoms with E-state index in [4.69, 9.17) is 5.73 Å². The summed E-state index contributed by atoms with van der Waals surface area (Å²) in [6, 6.07) is 0. The van der Waals surface area contributed by atoms with Gasteiger partial charge in [0, 0.05) is 5.57 Å². The molecule has 0 bridgehead atoms. The van der Waals surface area contributed by atoms with E-state index in [-0.39, 0.29) is 18.3 Å². The predicted octanol–water partition coefficient (Wildman–Crippen LogP) is 1.82. The monoisotopic (exact) mass is 222 g/mol. The maximum absolute atomic E-state index is 10.4. The molecule has 0 aromatic carbocycles. The normalized spacial score (nSPS) is 10.0. The number of carbonyl (C=O) groups excluding carboxylic acids is 1. The molecule has 0 aliphatic rings. The molecule has 0 radical (unpaired) electrons. The number of hydrogen-bond donors (Lipinski definition) is 1. The standard InChI is InChI=1S/C7H13NO.C3H9N.ClH/c1-3-4-5-6(2)7(8)9;1-4(2)3;/h5H,3-4H2,1-2H3,(H2,8,9);1-3H3;1H/b6-5+;;. The van der Waals surface area contributed by atoms with Crippen LogP contribution in [0.1, 0.15) is 26.7 Å². The Bertz CT molecular complexity index is 165. The Kier molecular flexibility index (Phi) is 17.0. The van der Waals surface area contributed by atoms with Crippen LogP contribution in [0.3, 0.4) is 0 Å². The van der Waals surface area contributed by atoms with Crippen molar-refractivity contribution in [1.82, 2.24) is 4.90 Å². The molecule has 0 saturated carbocycles. The highest BCUT2D eigenvalue weighted by atomic mass is 35.5. The van der Waals surface area contributed by atoms with Crippen molar-refractivity contribution in [3.63, 3.8) is 0 Å². The van der Waals surface area contributed by atoms with Crippen molar-refractivity contribution in [3.8, 4) is 0 Å². The van der Waals surface area contributed by atoms with Crippen LogP contribution >= 0.6 is 12.4 Å². The molecule has 1 amide bonds. The zero-order valence-electron chi connectivity index (χ0n) is 9.83. The van der Waals surface area contributed by atoms with E-state index in [0.29, 0.717) is 5.57 Å². The van der Waals surface area contributed by atoms with E-state index in [1.165, 1.54) is 0 Å². The minimum Gasteiger partial charge on any atom is -0.366 e. The summed E-state index contributed by atoms with van der Waals surface area (Å²) < 4.78 is 0. The summed E-state index contributed by atoms with van der Waals surface area (Å²) in [5, 5.41) is 0. The number of allylic oxidation sites excluding steroid dienone is 1. The van der Waals surface area contributed by atoms with Crippen molar-refractivity contribution in [2.45, 2.75) is 26.7 Å². The van der Waals surface area contributed by atoms with Gasteiger partial charge in [-0.3, -0.25) is 4.79 Å². The number of carbonyl (C=O) groups is 1. The summed E-state index contributed by atoms with van der Waals surface area (Å²) in [5.41, 5.74) is 5.63. The second kappa shape index (κ2) is 12.5. The fourth-order valence-electron chi connectivity index (χ4n) is 0.461. The van der Waals surface area contributed by atoms with E-state index in [9.17, 15) is 4.79 Å². The Morgan fingerprint density at radius 1 is 1.36 bits per heavy atom. The fourth-order valence-corrected chi connectivity index (χ4v) is 0.461. The van der Waals surface area contributed by atoms with Crippen molar-refractivity contribution < 1.29 is 4.79 Å². The number of nitrogens with zero attached hydrogens (tertiary/aromatic N) is 1. The Balaban J connectivity index is -0.000000209. The fraction of sp³-hybridized carbons (Fsp3) is 0.700. The second-order valence-corrected chi connectivity index (χ2v) is 3.38. The summed E-state index contributed by atoms with van der Waals surface area (Å²) in [4.78, 5) is 12.4. The number of nitrogens with two attached hydrogens (primary N) is 1. The second-order valence-electron chi connectivity index (χ2n) is 3.38. The lowest BCUT2D eigenvalue weighted by atomic mass is 10.2. The molecule has 0 aromatic heterocycles. The third-order valence-electron chi connectivity index (χ3n) is 1.13. The van der Waals surface area contributed by atoms with Crippen molar-refractivity contribution >= 4 is 18.3 Å². The number of rotatable bonds is 3. The molecule has 0 atom stereocenters. The van der Waals surface area contributed by atoms with Crippen LogP contribution in [-0.2, 0) is 4.79 Å². The highest BCUT2D eigenvalue weighted by Gasteiger charge is 1.93. The number of primary amides is 1. The van der Waals surface area contributed by atoms with Crippen LogP contribution in [0, 0.1) is 0 Å². The molecule has 2 N–H and O–H groups in total. The maximum atomic E-state index is 10.4. The molecule has 3 nitrogen and oxygen atoms in total. The first kappa shape index (κ1) is 19.1. The highest BCUT2D eigenvalue weighted by Crippen LogP contribution is 1.95. The molecule has 0 aliphatic carbocycles. The lowest BCUT2D eigenvalue weighted by Crippen LogP contribution is -2.11. The highest BCUT2D eigenvalue weighted by molar-refractivity contribution is 5.91. The van der Waals surface area contributed by atoms with Gasteiger partial charge in [-0.25, -0.2) is 0 Å². The number of amides is 1. The van der Waals surface area contributed by atoms with Gasteiger partial charge in [0.05, 0.1) is 0 Å². The van der Waals surface area contributed by atoms with Gasteiger partial charge in [-0.15, -0.1) is 12.4 Å². The van der Waals surface area contributed by atoms with Gasteiger partial charge in [0.15, 0.2) is 0 Å². The lowest BCUT2D eigenvalue weighted by Gasteiger charge is -1.90. The molecule has 0 rings (SSSR count). The largest absolute Gasteiger partial charge is 0.366 e. The minimum atomic E-state index is -0.316. The third-order valence-corrected chi connectivity index (χ3v) is 1.13. The van der Waals surface area contributed by atoms with Crippen molar-refractivity contribution in [3.05, 3.63) is 11.6 Å². The first-order valence-corrected chi connectivity index (χ1v) is 4.49. The summed E-state index contributed by atoms with van der Waals surface area (Å²) in [7, 11) is 6.00. The molecular formula is C10H23ClN2O. The summed E-state index contributed by atoms with van der Waals surface area (Å²) in [5.74, 6) is -0.316. The van der Waals surface area contributed by atoms with Crippen LogP contribution in [0.15, 0.2) is 11.6 Å². The van der Waals surface area contributed by atoms with Gasteiger partial charge in [-0.1, -0.05) is 19.4 Å². The molecule has 0 fully saturated rings. The SMILES string of the molecule is CCC/C=C(\C)C(N)=O.CN(C)C.Cl. The molecule has 0 heterocycles. The summed E-state index contributed by atoms with van der Waals surface area (Å²) in [6.45, 7) is 3.79. The zero-order chi connectivity index (χ0) is 10.9. The minimum absolute atomic E-state index is 0. The Morgan fingerprint density at radius 3 is 1.93 bits per heavy atom. The van der Waals surface area contributed by atoms with Gasteiger partial charge >= 0.3 is 0 Å². The Labute approximate surface area is 93.8 Å². The molecular weight excluding hydrogens is 200 g/mol. The average molecular weight is 223 g/mol. The topological polar surface area (TPSA) is 46.3 Å². The quantitative estimate of drug-likeness (QED) is 0.741. The van der Waals surface area contributed by atoms with E-state index in [2.05, 4.69) is 6.92 Å². The summed E-state index contributed by atoms with van der Waals surface area (Å²) in [6.07, 6.45) is 3.86. The first-order chi connectivity index (χ1) is 5.91. The van der Waals surface area contributed by atoms with Gasteiger partial charge in [0.2, 0.25) is 5.91 Å². The molecule has 0 aromatic rings. The average Bonchev–Trinajstić information content (AvgIpc) is 1.98.